The lowest BCUT2D eigenvalue weighted by Gasteiger charge is -2.27. The molecular formula is C20H19N3O2S. The smallest absolute Gasteiger partial charge is 0.104 e. The summed E-state index contributed by atoms with van der Waals surface area (Å²) in [5.41, 5.74) is 5.35. The third-order valence-electron chi connectivity index (χ3n) is 4.47. The van der Waals surface area contributed by atoms with Crippen LogP contribution in [0.1, 0.15) is 18.5 Å². The number of aliphatic hydroxyl groups is 2. The first kappa shape index (κ1) is 16.9. The highest BCUT2D eigenvalue weighted by atomic mass is 32.1. The van der Waals surface area contributed by atoms with Gasteiger partial charge in [0.05, 0.1) is 33.4 Å². The third-order valence-corrected chi connectivity index (χ3v) is 5.28. The average Bonchev–Trinajstić information content (AvgIpc) is 3.13. The molecule has 0 bridgehead atoms. The van der Waals surface area contributed by atoms with Crippen LogP contribution in [0.15, 0.2) is 60.2 Å². The molecule has 0 radical (unpaired) electrons. The van der Waals surface area contributed by atoms with Crippen LogP contribution in [-0.4, -0.2) is 32.4 Å². The number of aliphatic hydroxyl groups excluding tert-OH is 2. The molecule has 3 N–H and O–H groups in total. The number of hydrogen-bond acceptors (Lipinski definition) is 6. The first-order chi connectivity index (χ1) is 12.6. The number of fused-ring (bicyclic) bond motifs is 2. The minimum Gasteiger partial charge on any atom is -0.391 e. The van der Waals surface area contributed by atoms with E-state index in [1.807, 2.05) is 54.0 Å². The second-order valence-corrected chi connectivity index (χ2v) is 7.23. The molecule has 0 aliphatic heterocycles. The van der Waals surface area contributed by atoms with Crippen molar-refractivity contribution in [3.8, 4) is 0 Å². The summed E-state index contributed by atoms with van der Waals surface area (Å²) in [5, 5.41) is 24.9. The van der Waals surface area contributed by atoms with Gasteiger partial charge in [0.15, 0.2) is 0 Å². The van der Waals surface area contributed by atoms with Gasteiger partial charge < -0.3 is 15.5 Å². The second kappa shape index (κ2) is 6.99. The number of rotatable bonds is 5. The second-order valence-electron chi connectivity index (χ2n) is 6.34. The highest BCUT2D eigenvalue weighted by Crippen LogP contribution is 2.29. The molecule has 132 valence electrons. The highest BCUT2D eigenvalue weighted by Gasteiger charge is 2.25. The van der Waals surface area contributed by atoms with Crippen LogP contribution < -0.4 is 5.32 Å². The van der Waals surface area contributed by atoms with Crippen molar-refractivity contribution >= 4 is 38.1 Å². The molecule has 3 atom stereocenters. The number of pyridine rings is 1. The van der Waals surface area contributed by atoms with E-state index in [9.17, 15) is 10.2 Å². The maximum absolute atomic E-state index is 10.6. The Balaban J connectivity index is 1.72. The van der Waals surface area contributed by atoms with Gasteiger partial charge in [-0.05, 0) is 48.9 Å². The first-order valence-electron chi connectivity index (χ1n) is 8.42. The topological polar surface area (TPSA) is 78.3 Å². The SMILES string of the molecule is C[C@H](O)[C@@H](O)[C@H](Nc1ccc2scnc2c1)c1ccc2ncccc2c1. The summed E-state index contributed by atoms with van der Waals surface area (Å²) >= 11 is 1.59. The van der Waals surface area contributed by atoms with Crippen molar-refractivity contribution in [3.63, 3.8) is 0 Å². The van der Waals surface area contributed by atoms with E-state index in [0.717, 1.165) is 32.4 Å². The van der Waals surface area contributed by atoms with Crippen molar-refractivity contribution in [2.45, 2.75) is 25.2 Å². The van der Waals surface area contributed by atoms with Crippen molar-refractivity contribution in [1.29, 1.82) is 0 Å². The molecule has 0 aliphatic rings. The lowest BCUT2D eigenvalue weighted by atomic mass is 9.96. The standard InChI is InChI=1S/C20H19N3O2S/c1-12(24)20(25)19(14-4-6-16-13(9-14)3-2-8-21-16)23-15-5-7-18-17(10-15)22-11-26-18/h2-12,19-20,23-25H,1H3/t12-,19+,20+/m0/s1. The van der Waals surface area contributed by atoms with Gasteiger partial charge >= 0.3 is 0 Å². The van der Waals surface area contributed by atoms with Crippen LogP contribution in [0.25, 0.3) is 21.1 Å². The first-order valence-corrected chi connectivity index (χ1v) is 9.30. The van der Waals surface area contributed by atoms with E-state index >= 15 is 0 Å². The number of aromatic nitrogens is 2. The maximum atomic E-state index is 10.6. The molecule has 0 saturated carbocycles. The average molecular weight is 365 g/mol. The molecule has 2 heterocycles. The molecule has 5 nitrogen and oxygen atoms in total. The zero-order valence-electron chi connectivity index (χ0n) is 14.2. The fourth-order valence-electron chi connectivity index (χ4n) is 3.06. The van der Waals surface area contributed by atoms with Gasteiger partial charge in [-0.25, -0.2) is 4.98 Å². The summed E-state index contributed by atoms with van der Waals surface area (Å²) in [4.78, 5) is 8.67. The minimum atomic E-state index is -0.963. The molecule has 0 fully saturated rings. The molecule has 0 spiro atoms. The summed E-state index contributed by atoms with van der Waals surface area (Å²) in [7, 11) is 0. The van der Waals surface area contributed by atoms with Gasteiger partial charge in [-0.2, -0.15) is 0 Å². The Bertz CT molecular complexity index is 1050. The zero-order chi connectivity index (χ0) is 18.1. The van der Waals surface area contributed by atoms with E-state index in [-0.39, 0.29) is 0 Å². The molecule has 4 rings (SSSR count). The van der Waals surface area contributed by atoms with Crippen molar-refractivity contribution in [1.82, 2.24) is 9.97 Å². The normalized spacial score (nSPS) is 15.0. The Morgan fingerprint density at radius 3 is 2.73 bits per heavy atom. The predicted octanol–water partition coefficient (Wildman–Crippen LogP) is 3.74. The van der Waals surface area contributed by atoms with E-state index in [2.05, 4.69) is 15.3 Å². The lowest BCUT2D eigenvalue weighted by molar-refractivity contribution is 0.0190. The number of benzene rings is 2. The van der Waals surface area contributed by atoms with E-state index in [1.54, 1.807) is 24.5 Å². The number of nitrogens with zero attached hydrogens (tertiary/aromatic N) is 2. The van der Waals surface area contributed by atoms with Gasteiger partial charge in [0.1, 0.15) is 6.10 Å². The molecule has 0 amide bonds. The molecule has 2 aromatic heterocycles. The molecular weight excluding hydrogens is 346 g/mol. The molecule has 2 aromatic carbocycles. The van der Waals surface area contributed by atoms with Gasteiger partial charge in [0, 0.05) is 17.3 Å². The van der Waals surface area contributed by atoms with Crippen LogP contribution in [0.4, 0.5) is 5.69 Å². The molecule has 0 aliphatic carbocycles. The molecule has 6 heteroatoms. The van der Waals surface area contributed by atoms with Crippen molar-refractivity contribution < 1.29 is 10.2 Å². The van der Waals surface area contributed by atoms with Crippen LogP contribution in [0, 0.1) is 0 Å². The quantitative estimate of drug-likeness (QED) is 0.502. The zero-order valence-corrected chi connectivity index (χ0v) is 15.0. The molecule has 0 unspecified atom stereocenters. The summed E-state index contributed by atoms with van der Waals surface area (Å²) in [5.74, 6) is 0. The summed E-state index contributed by atoms with van der Waals surface area (Å²) < 4.78 is 1.11. The Morgan fingerprint density at radius 2 is 1.88 bits per heavy atom. The Labute approximate surface area is 155 Å². The Morgan fingerprint density at radius 1 is 1.00 bits per heavy atom. The molecule has 4 aromatic rings. The third kappa shape index (κ3) is 3.26. The van der Waals surface area contributed by atoms with Crippen LogP contribution in [0.2, 0.25) is 0 Å². The molecule has 26 heavy (non-hydrogen) atoms. The minimum absolute atomic E-state index is 0.462. The van der Waals surface area contributed by atoms with Crippen LogP contribution >= 0.6 is 11.3 Å². The monoisotopic (exact) mass is 365 g/mol. The fourth-order valence-corrected chi connectivity index (χ4v) is 3.72. The van der Waals surface area contributed by atoms with Crippen molar-refractivity contribution in [2.24, 2.45) is 0 Å². The highest BCUT2D eigenvalue weighted by molar-refractivity contribution is 7.16. The summed E-state index contributed by atoms with van der Waals surface area (Å²) in [6.45, 7) is 1.59. The van der Waals surface area contributed by atoms with Gasteiger partial charge in [-0.1, -0.05) is 12.1 Å². The van der Waals surface area contributed by atoms with Gasteiger partial charge in [0.2, 0.25) is 0 Å². The van der Waals surface area contributed by atoms with Crippen LogP contribution in [-0.2, 0) is 0 Å². The lowest BCUT2D eigenvalue weighted by Crippen LogP contribution is -2.34. The fraction of sp³-hybridized carbons (Fsp3) is 0.200. The summed E-state index contributed by atoms with van der Waals surface area (Å²) in [6, 6.07) is 15.2. The van der Waals surface area contributed by atoms with Crippen LogP contribution in [0.5, 0.6) is 0 Å². The van der Waals surface area contributed by atoms with E-state index < -0.39 is 18.2 Å². The van der Waals surface area contributed by atoms with Crippen molar-refractivity contribution in [3.05, 3.63) is 65.8 Å². The van der Waals surface area contributed by atoms with E-state index in [1.165, 1.54) is 0 Å². The number of thiazole rings is 1. The maximum Gasteiger partial charge on any atom is 0.104 e. The predicted molar refractivity (Wildman–Crippen MR) is 105 cm³/mol. The largest absolute Gasteiger partial charge is 0.391 e. The number of nitrogens with one attached hydrogen (secondary N) is 1. The molecule has 0 saturated heterocycles. The number of hydrogen-bond donors (Lipinski definition) is 3. The van der Waals surface area contributed by atoms with Gasteiger partial charge in [-0.15, -0.1) is 11.3 Å². The van der Waals surface area contributed by atoms with Crippen molar-refractivity contribution in [2.75, 3.05) is 5.32 Å². The van der Waals surface area contributed by atoms with E-state index in [4.69, 9.17) is 0 Å². The number of anilines is 1. The van der Waals surface area contributed by atoms with Gasteiger partial charge in [0.25, 0.3) is 0 Å². The van der Waals surface area contributed by atoms with E-state index in [0.29, 0.717) is 0 Å². The van der Waals surface area contributed by atoms with Gasteiger partial charge in [-0.3, -0.25) is 4.98 Å². The summed E-state index contributed by atoms with van der Waals surface area (Å²) in [6.07, 6.45) is -0.0822. The Kier molecular flexibility index (Phi) is 4.55. The van der Waals surface area contributed by atoms with Crippen LogP contribution in [0.3, 0.4) is 0 Å². The Hall–Kier alpha value is -2.54.